The molecule has 1 heterocycles. The van der Waals surface area contributed by atoms with Crippen LogP contribution in [0.1, 0.15) is 38.2 Å². The topological polar surface area (TPSA) is 41.8 Å². The molecule has 6 heteroatoms. The van der Waals surface area contributed by atoms with Crippen LogP contribution in [0.5, 0.6) is 0 Å². The summed E-state index contributed by atoms with van der Waals surface area (Å²) in [6.07, 6.45) is 0.394. The van der Waals surface area contributed by atoms with Gasteiger partial charge in [-0.05, 0) is 60.2 Å². The van der Waals surface area contributed by atoms with Crippen LogP contribution in [0.4, 0.5) is 17.6 Å². The molecule has 0 amide bonds. The number of hydrogen-bond donors (Lipinski definition) is 2. The Morgan fingerprint density at radius 2 is 1.67 bits per heavy atom. The molecule has 4 rings (SSSR count). The third kappa shape index (κ3) is 3.46. The van der Waals surface area contributed by atoms with E-state index in [-0.39, 0.29) is 30.8 Å². The summed E-state index contributed by atoms with van der Waals surface area (Å²) in [6, 6.07) is 7.75. The van der Waals surface area contributed by atoms with Gasteiger partial charge in [0, 0.05) is 18.0 Å². The summed E-state index contributed by atoms with van der Waals surface area (Å²) >= 11 is 0. The van der Waals surface area contributed by atoms with E-state index in [0.717, 1.165) is 6.07 Å². The van der Waals surface area contributed by atoms with Crippen molar-refractivity contribution in [3.05, 3.63) is 59.4 Å². The maximum absolute atomic E-state index is 14.3. The van der Waals surface area contributed by atoms with E-state index in [1.807, 2.05) is 13.8 Å². The van der Waals surface area contributed by atoms with Gasteiger partial charge >= 0.3 is 0 Å². The summed E-state index contributed by atoms with van der Waals surface area (Å²) in [5.74, 6) is -2.01. The molecular weight excluding hydrogens is 356 g/mol. The van der Waals surface area contributed by atoms with Crippen LogP contribution in [0.3, 0.4) is 0 Å². The summed E-state index contributed by atoms with van der Waals surface area (Å²) in [7, 11) is 0. The molecule has 1 saturated carbocycles. The van der Waals surface area contributed by atoms with Gasteiger partial charge in [0.25, 0.3) is 0 Å². The number of halogens is 4. The van der Waals surface area contributed by atoms with Crippen LogP contribution >= 0.6 is 0 Å². The highest BCUT2D eigenvalue weighted by Crippen LogP contribution is 2.51. The van der Waals surface area contributed by atoms with Crippen LogP contribution in [0.2, 0.25) is 0 Å². The van der Waals surface area contributed by atoms with Crippen molar-refractivity contribution in [3.8, 4) is 11.3 Å². The lowest BCUT2D eigenvalue weighted by Crippen LogP contribution is -2.44. The zero-order valence-corrected chi connectivity index (χ0v) is 15.3. The van der Waals surface area contributed by atoms with Gasteiger partial charge in [-0.2, -0.15) is 0 Å². The number of rotatable bonds is 3. The smallest absolute Gasteiger partial charge is 0.150 e. The molecule has 1 aromatic heterocycles. The van der Waals surface area contributed by atoms with Gasteiger partial charge in [0.1, 0.15) is 23.1 Å². The first-order valence-electron chi connectivity index (χ1n) is 9.06. The van der Waals surface area contributed by atoms with Crippen LogP contribution in [0.15, 0.2) is 36.4 Å². The lowest BCUT2D eigenvalue weighted by Gasteiger charge is -2.41. The Balaban J connectivity index is 0.00000102. The molecule has 1 aliphatic carbocycles. The van der Waals surface area contributed by atoms with E-state index in [0.29, 0.717) is 22.2 Å². The van der Waals surface area contributed by atoms with E-state index in [1.54, 1.807) is 12.1 Å². The van der Waals surface area contributed by atoms with E-state index in [4.69, 9.17) is 5.73 Å². The number of benzene rings is 2. The van der Waals surface area contributed by atoms with Crippen LogP contribution in [0.25, 0.3) is 22.2 Å². The first-order chi connectivity index (χ1) is 12.9. The van der Waals surface area contributed by atoms with Crippen molar-refractivity contribution in [2.45, 2.75) is 38.3 Å². The average molecular weight is 378 g/mol. The number of fused-ring (bicyclic) bond motifs is 1. The molecule has 3 aromatic rings. The van der Waals surface area contributed by atoms with Crippen molar-refractivity contribution in [2.75, 3.05) is 6.54 Å². The number of H-pyrrole nitrogens is 1. The fourth-order valence-electron chi connectivity index (χ4n) is 3.70. The van der Waals surface area contributed by atoms with Crippen molar-refractivity contribution in [2.24, 2.45) is 5.73 Å². The monoisotopic (exact) mass is 378 g/mol. The van der Waals surface area contributed by atoms with Gasteiger partial charge in [0.15, 0.2) is 0 Å². The third-order valence-electron chi connectivity index (χ3n) is 5.00. The number of aromatic nitrogens is 1. The zero-order valence-electron chi connectivity index (χ0n) is 15.3. The molecule has 3 N–H and O–H groups in total. The second-order valence-corrected chi connectivity index (χ2v) is 6.69. The van der Waals surface area contributed by atoms with Gasteiger partial charge in [-0.15, -0.1) is 0 Å². The standard InChI is InChI=1S/C19H16F4N2.C2H6/c20-12-3-1-10(2-4-12)17-16(11-7-19(23,8-11)9-24)14-5-13(21)6-15(22)18(14)25-17;1-2/h1-6,11,25H,7-9,24H2;1-2H3. The second kappa shape index (κ2) is 7.35. The highest BCUT2D eigenvalue weighted by Gasteiger charge is 2.46. The Labute approximate surface area is 155 Å². The Bertz CT molecular complexity index is 941. The first kappa shape index (κ1) is 19.4. The number of hydrogen-bond acceptors (Lipinski definition) is 1. The third-order valence-corrected chi connectivity index (χ3v) is 5.00. The lowest BCUT2D eigenvalue weighted by atomic mass is 9.68. The zero-order chi connectivity index (χ0) is 19.8. The second-order valence-electron chi connectivity index (χ2n) is 6.69. The van der Waals surface area contributed by atoms with Gasteiger partial charge in [0.05, 0.1) is 11.2 Å². The van der Waals surface area contributed by atoms with Gasteiger partial charge in [0.2, 0.25) is 0 Å². The van der Waals surface area contributed by atoms with E-state index >= 15 is 0 Å². The average Bonchev–Trinajstić information content (AvgIpc) is 3.00. The molecule has 0 bridgehead atoms. The maximum Gasteiger partial charge on any atom is 0.150 e. The van der Waals surface area contributed by atoms with E-state index in [1.165, 1.54) is 18.2 Å². The molecule has 1 aliphatic rings. The molecule has 144 valence electrons. The minimum absolute atomic E-state index is 0.0829. The first-order valence-corrected chi connectivity index (χ1v) is 9.06. The number of nitrogens with one attached hydrogen (secondary N) is 1. The van der Waals surface area contributed by atoms with E-state index < -0.39 is 23.1 Å². The van der Waals surface area contributed by atoms with E-state index in [2.05, 4.69) is 4.98 Å². The molecule has 0 aliphatic heterocycles. The Hall–Kier alpha value is -2.34. The number of aromatic amines is 1. The van der Waals surface area contributed by atoms with Crippen LogP contribution in [-0.2, 0) is 0 Å². The summed E-state index contributed by atoms with van der Waals surface area (Å²) in [6.45, 7) is 3.92. The molecule has 0 unspecified atom stereocenters. The van der Waals surface area contributed by atoms with Crippen molar-refractivity contribution >= 4 is 10.9 Å². The molecule has 0 saturated heterocycles. The molecule has 2 aromatic carbocycles. The van der Waals surface area contributed by atoms with E-state index in [9.17, 15) is 17.6 Å². The highest BCUT2D eigenvalue weighted by atomic mass is 19.1. The predicted octanol–water partition coefficient (Wildman–Crippen LogP) is 5.82. The minimum Gasteiger partial charge on any atom is -0.352 e. The fraction of sp³-hybridized carbons (Fsp3) is 0.333. The molecule has 2 nitrogen and oxygen atoms in total. The van der Waals surface area contributed by atoms with Crippen molar-refractivity contribution < 1.29 is 17.6 Å². The summed E-state index contributed by atoms with van der Waals surface area (Å²) in [5, 5.41) is 0.390. The molecular formula is C21H22F4N2. The van der Waals surface area contributed by atoms with Gasteiger partial charge < -0.3 is 10.7 Å². The largest absolute Gasteiger partial charge is 0.352 e. The Morgan fingerprint density at radius 3 is 2.26 bits per heavy atom. The van der Waals surface area contributed by atoms with Crippen LogP contribution in [-0.4, -0.2) is 17.2 Å². The highest BCUT2D eigenvalue weighted by molar-refractivity contribution is 5.92. The summed E-state index contributed by atoms with van der Waals surface area (Å²) < 4.78 is 55.5. The molecule has 0 radical (unpaired) electrons. The number of alkyl halides is 1. The minimum atomic E-state index is -1.44. The van der Waals surface area contributed by atoms with Crippen molar-refractivity contribution in [1.29, 1.82) is 0 Å². The summed E-state index contributed by atoms with van der Waals surface area (Å²) in [4.78, 5) is 2.97. The van der Waals surface area contributed by atoms with Gasteiger partial charge in [-0.3, -0.25) is 0 Å². The molecule has 0 spiro atoms. The normalized spacial score (nSPS) is 21.5. The number of nitrogens with two attached hydrogens (primary N) is 1. The van der Waals surface area contributed by atoms with Crippen LogP contribution in [0, 0.1) is 17.5 Å². The molecule has 1 fully saturated rings. The molecule has 0 atom stereocenters. The van der Waals surface area contributed by atoms with Crippen molar-refractivity contribution in [3.63, 3.8) is 0 Å². The predicted molar refractivity (Wildman–Crippen MR) is 99.8 cm³/mol. The Kier molecular flexibility index (Phi) is 5.29. The van der Waals surface area contributed by atoms with Crippen molar-refractivity contribution in [1.82, 2.24) is 4.98 Å². The van der Waals surface area contributed by atoms with Gasteiger partial charge in [-0.1, -0.05) is 13.8 Å². The maximum atomic E-state index is 14.3. The van der Waals surface area contributed by atoms with Gasteiger partial charge in [-0.25, -0.2) is 17.6 Å². The fourth-order valence-corrected chi connectivity index (χ4v) is 3.70. The molecule has 27 heavy (non-hydrogen) atoms. The Morgan fingerprint density at radius 1 is 1.04 bits per heavy atom. The van der Waals surface area contributed by atoms with Crippen LogP contribution < -0.4 is 5.73 Å². The quantitative estimate of drug-likeness (QED) is 0.554. The SMILES string of the molecule is CC.NCC1(F)CC(c2c(-c3ccc(F)cc3)[nH]c3c(F)cc(F)cc23)C1. The summed E-state index contributed by atoms with van der Waals surface area (Å²) in [5.41, 5.74) is 6.04. The lowest BCUT2D eigenvalue weighted by molar-refractivity contribution is 0.0512.